The van der Waals surface area contributed by atoms with Crippen LogP contribution in [0.3, 0.4) is 0 Å². The van der Waals surface area contributed by atoms with Gasteiger partial charge in [-0.05, 0) is 57.1 Å². The molecular formula is C19H22N4. The summed E-state index contributed by atoms with van der Waals surface area (Å²) in [6, 6.07) is 10.4. The predicted molar refractivity (Wildman–Crippen MR) is 91.4 cm³/mol. The number of aryl methyl sites for hydroxylation is 1. The monoisotopic (exact) mass is 306 g/mol. The minimum absolute atomic E-state index is 0.570. The van der Waals surface area contributed by atoms with Crippen LogP contribution in [-0.2, 0) is 6.54 Å². The number of pyridine rings is 1. The fourth-order valence-corrected chi connectivity index (χ4v) is 3.54. The zero-order valence-corrected chi connectivity index (χ0v) is 13.5. The van der Waals surface area contributed by atoms with Gasteiger partial charge < -0.3 is 4.40 Å². The van der Waals surface area contributed by atoms with Gasteiger partial charge in [0.25, 0.3) is 0 Å². The van der Waals surface area contributed by atoms with Crippen LogP contribution in [0, 0.1) is 6.92 Å². The lowest BCUT2D eigenvalue weighted by atomic mass is 9.93. The molecule has 4 heteroatoms. The molecule has 4 nitrogen and oxygen atoms in total. The van der Waals surface area contributed by atoms with E-state index in [0.29, 0.717) is 5.92 Å². The van der Waals surface area contributed by atoms with Gasteiger partial charge in [0.2, 0.25) is 0 Å². The Morgan fingerprint density at radius 2 is 2.00 bits per heavy atom. The van der Waals surface area contributed by atoms with E-state index in [2.05, 4.69) is 57.9 Å². The molecule has 23 heavy (non-hydrogen) atoms. The van der Waals surface area contributed by atoms with Crippen LogP contribution in [0.15, 0.2) is 48.9 Å². The number of nitrogens with zero attached hydrogens (tertiary/aromatic N) is 4. The Kier molecular flexibility index (Phi) is 3.83. The summed E-state index contributed by atoms with van der Waals surface area (Å²) >= 11 is 0. The summed E-state index contributed by atoms with van der Waals surface area (Å²) in [4.78, 5) is 11.8. The molecule has 1 aliphatic rings. The molecule has 1 aliphatic heterocycles. The molecule has 0 bridgehead atoms. The molecule has 0 aliphatic carbocycles. The van der Waals surface area contributed by atoms with Crippen LogP contribution in [0.25, 0.3) is 5.52 Å². The van der Waals surface area contributed by atoms with Crippen molar-refractivity contribution < 1.29 is 0 Å². The molecule has 3 aromatic rings. The molecule has 0 amide bonds. The Labute approximate surface area is 136 Å². The zero-order valence-electron chi connectivity index (χ0n) is 13.5. The van der Waals surface area contributed by atoms with Crippen molar-refractivity contribution in [2.75, 3.05) is 13.1 Å². The molecule has 0 atom stereocenters. The van der Waals surface area contributed by atoms with Gasteiger partial charge in [-0.2, -0.15) is 0 Å². The van der Waals surface area contributed by atoms with Crippen molar-refractivity contribution in [3.05, 3.63) is 66.0 Å². The molecule has 0 N–H and O–H groups in total. The Hall–Kier alpha value is -2.20. The number of rotatable bonds is 3. The van der Waals surface area contributed by atoms with Gasteiger partial charge in [-0.25, -0.2) is 0 Å². The van der Waals surface area contributed by atoms with Crippen molar-refractivity contribution in [2.45, 2.75) is 32.2 Å². The van der Waals surface area contributed by atoms with E-state index in [1.54, 1.807) is 0 Å². The molecule has 4 rings (SSSR count). The highest BCUT2D eigenvalue weighted by Crippen LogP contribution is 2.28. The first-order valence-corrected chi connectivity index (χ1v) is 8.36. The second-order valence-corrected chi connectivity index (χ2v) is 6.42. The van der Waals surface area contributed by atoms with Crippen LogP contribution in [0.5, 0.6) is 0 Å². The van der Waals surface area contributed by atoms with Crippen molar-refractivity contribution in [1.82, 2.24) is 19.3 Å². The van der Waals surface area contributed by atoms with E-state index in [9.17, 15) is 0 Å². The number of likely N-dealkylation sites (tertiary alicyclic amines) is 1. The third-order valence-corrected chi connectivity index (χ3v) is 4.84. The Bertz CT molecular complexity index is 785. The van der Waals surface area contributed by atoms with Gasteiger partial charge >= 0.3 is 0 Å². The fraction of sp³-hybridized carbons (Fsp3) is 0.368. The number of aromatic nitrogens is 3. The van der Waals surface area contributed by atoms with E-state index < -0.39 is 0 Å². The van der Waals surface area contributed by atoms with E-state index in [-0.39, 0.29) is 0 Å². The highest BCUT2D eigenvalue weighted by atomic mass is 15.1. The average molecular weight is 306 g/mol. The lowest BCUT2D eigenvalue weighted by molar-refractivity contribution is 0.201. The number of fused-ring (bicyclic) bond motifs is 1. The van der Waals surface area contributed by atoms with Crippen LogP contribution in [0.4, 0.5) is 0 Å². The molecule has 0 unspecified atom stereocenters. The molecule has 0 saturated carbocycles. The first kappa shape index (κ1) is 14.4. The van der Waals surface area contributed by atoms with Gasteiger partial charge in [-0.1, -0.05) is 6.07 Å². The maximum absolute atomic E-state index is 4.85. The number of hydrogen-bond acceptors (Lipinski definition) is 3. The standard InChI is InChI=1S/C19H22N4/c1-15-19-6-4-10-23(19)14-18(21-15)16-7-11-22(12-8-16)13-17-5-2-3-9-20-17/h2-6,9-10,14,16H,7-8,11-13H2,1H3. The summed E-state index contributed by atoms with van der Waals surface area (Å²) in [7, 11) is 0. The largest absolute Gasteiger partial charge is 0.320 e. The first-order valence-electron chi connectivity index (χ1n) is 8.36. The van der Waals surface area contributed by atoms with Crippen molar-refractivity contribution >= 4 is 5.52 Å². The maximum Gasteiger partial charge on any atom is 0.0664 e. The molecule has 1 saturated heterocycles. The number of hydrogen-bond donors (Lipinski definition) is 0. The summed E-state index contributed by atoms with van der Waals surface area (Å²) in [5.74, 6) is 0.570. The van der Waals surface area contributed by atoms with Crippen LogP contribution in [0.2, 0.25) is 0 Å². The van der Waals surface area contributed by atoms with Gasteiger partial charge in [0.15, 0.2) is 0 Å². The van der Waals surface area contributed by atoms with Crippen molar-refractivity contribution in [2.24, 2.45) is 0 Å². The summed E-state index contributed by atoms with van der Waals surface area (Å²) in [6.07, 6.45) is 8.55. The topological polar surface area (TPSA) is 33.4 Å². The van der Waals surface area contributed by atoms with Gasteiger partial charge in [0.05, 0.1) is 22.6 Å². The molecular weight excluding hydrogens is 284 g/mol. The van der Waals surface area contributed by atoms with E-state index in [4.69, 9.17) is 4.98 Å². The second kappa shape index (κ2) is 6.13. The third-order valence-electron chi connectivity index (χ3n) is 4.84. The highest BCUT2D eigenvalue weighted by Gasteiger charge is 2.22. The summed E-state index contributed by atoms with van der Waals surface area (Å²) in [5.41, 5.74) is 4.74. The molecule has 1 fully saturated rings. The fourth-order valence-electron chi connectivity index (χ4n) is 3.54. The minimum Gasteiger partial charge on any atom is -0.320 e. The third kappa shape index (κ3) is 2.99. The van der Waals surface area contributed by atoms with Crippen molar-refractivity contribution in [1.29, 1.82) is 0 Å². The van der Waals surface area contributed by atoms with Crippen molar-refractivity contribution in [3.8, 4) is 0 Å². The van der Waals surface area contributed by atoms with E-state index in [1.165, 1.54) is 24.1 Å². The van der Waals surface area contributed by atoms with Gasteiger partial charge in [0, 0.05) is 31.1 Å². The van der Waals surface area contributed by atoms with E-state index in [0.717, 1.165) is 31.0 Å². The Morgan fingerprint density at radius 1 is 1.13 bits per heavy atom. The maximum atomic E-state index is 4.85. The van der Waals surface area contributed by atoms with Crippen LogP contribution in [-0.4, -0.2) is 32.4 Å². The van der Waals surface area contributed by atoms with Crippen LogP contribution >= 0.6 is 0 Å². The lowest BCUT2D eigenvalue weighted by Gasteiger charge is -2.31. The van der Waals surface area contributed by atoms with Crippen molar-refractivity contribution in [3.63, 3.8) is 0 Å². The SMILES string of the molecule is Cc1nc(C2CCN(Cc3ccccn3)CC2)cn2cccc12. The van der Waals surface area contributed by atoms with Gasteiger partial charge in [-0.3, -0.25) is 14.9 Å². The Balaban J connectivity index is 1.44. The quantitative estimate of drug-likeness (QED) is 0.743. The normalized spacial score (nSPS) is 16.9. The number of piperidine rings is 1. The van der Waals surface area contributed by atoms with Crippen LogP contribution in [0.1, 0.15) is 35.8 Å². The molecule has 0 spiro atoms. The Morgan fingerprint density at radius 3 is 2.78 bits per heavy atom. The molecule has 3 aromatic heterocycles. The smallest absolute Gasteiger partial charge is 0.0664 e. The molecule has 118 valence electrons. The summed E-state index contributed by atoms with van der Waals surface area (Å²) in [6.45, 7) is 5.29. The van der Waals surface area contributed by atoms with Gasteiger partial charge in [0.1, 0.15) is 0 Å². The zero-order chi connectivity index (χ0) is 15.6. The first-order chi connectivity index (χ1) is 11.3. The molecule has 0 aromatic carbocycles. The summed E-state index contributed by atoms with van der Waals surface area (Å²) < 4.78 is 2.21. The van der Waals surface area contributed by atoms with E-state index >= 15 is 0 Å². The average Bonchev–Trinajstić information content (AvgIpc) is 3.06. The van der Waals surface area contributed by atoms with Gasteiger partial charge in [-0.15, -0.1) is 0 Å². The lowest BCUT2D eigenvalue weighted by Crippen LogP contribution is -2.33. The molecule has 0 radical (unpaired) electrons. The minimum atomic E-state index is 0.570. The highest BCUT2D eigenvalue weighted by molar-refractivity contribution is 5.52. The predicted octanol–water partition coefficient (Wildman–Crippen LogP) is 3.42. The second-order valence-electron chi connectivity index (χ2n) is 6.42. The molecule has 4 heterocycles. The van der Waals surface area contributed by atoms with E-state index in [1.807, 2.05) is 12.3 Å². The van der Waals surface area contributed by atoms with Crippen LogP contribution < -0.4 is 0 Å². The summed E-state index contributed by atoms with van der Waals surface area (Å²) in [5, 5.41) is 0.